The highest BCUT2D eigenvalue weighted by atomic mass is 19.1. The van der Waals surface area contributed by atoms with Crippen LogP contribution in [0, 0.1) is 24.1 Å². The lowest BCUT2D eigenvalue weighted by atomic mass is 10.0. The van der Waals surface area contributed by atoms with E-state index in [1.54, 1.807) is 19.1 Å². The van der Waals surface area contributed by atoms with Crippen molar-refractivity contribution in [3.05, 3.63) is 35.1 Å². The van der Waals surface area contributed by atoms with Gasteiger partial charge in [0.15, 0.2) is 0 Å². The number of carboxylic acid groups (broad SMARTS) is 1. The number of benzene rings is 1. The van der Waals surface area contributed by atoms with Crippen molar-refractivity contribution in [2.45, 2.75) is 26.7 Å². The second-order valence-electron chi connectivity index (χ2n) is 5.12. The Labute approximate surface area is 94.1 Å². The molecule has 0 aromatic heterocycles. The summed E-state index contributed by atoms with van der Waals surface area (Å²) in [5.41, 5.74) is 1.27. The van der Waals surface area contributed by atoms with Gasteiger partial charge in [-0.1, -0.05) is 26.0 Å². The predicted molar refractivity (Wildman–Crippen MR) is 58.8 cm³/mol. The van der Waals surface area contributed by atoms with Crippen LogP contribution in [0.2, 0.25) is 0 Å². The Hall–Kier alpha value is -1.38. The van der Waals surface area contributed by atoms with Gasteiger partial charge in [0.25, 0.3) is 0 Å². The Kier molecular flexibility index (Phi) is 2.30. The molecule has 1 aromatic carbocycles. The Bertz CT molecular complexity index is 451. The second-order valence-corrected chi connectivity index (χ2v) is 5.12. The maximum Gasteiger partial charge on any atom is 0.307 e. The Morgan fingerprint density at radius 2 is 2.06 bits per heavy atom. The van der Waals surface area contributed by atoms with Crippen LogP contribution in [0.3, 0.4) is 0 Å². The van der Waals surface area contributed by atoms with Gasteiger partial charge in [0, 0.05) is 5.92 Å². The Morgan fingerprint density at radius 1 is 1.44 bits per heavy atom. The topological polar surface area (TPSA) is 37.3 Å². The summed E-state index contributed by atoms with van der Waals surface area (Å²) in [4.78, 5) is 11.0. The SMILES string of the molecule is Cc1cc(C2C(C(=O)O)C2(C)C)ccc1F. The molecule has 3 heteroatoms. The molecule has 0 amide bonds. The largest absolute Gasteiger partial charge is 0.481 e. The predicted octanol–water partition coefficient (Wildman–Crippen LogP) is 2.96. The first-order chi connectivity index (χ1) is 7.35. The third-order valence-electron chi connectivity index (χ3n) is 3.63. The van der Waals surface area contributed by atoms with Crippen molar-refractivity contribution in [2.75, 3.05) is 0 Å². The molecule has 1 fully saturated rings. The highest BCUT2D eigenvalue weighted by Gasteiger charge is 2.62. The van der Waals surface area contributed by atoms with Crippen molar-refractivity contribution in [3.8, 4) is 0 Å². The quantitative estimate of drug-likeness (QED) is 0.835. The molecule has 2 unspecified atom stereocenters. The van der Waals surface area contributed by atoms with Crippen molar-refractivity contribution in [3.63, 3.8) is 0 Å². The first-order valence-corrected chi connectivity index (χ1v) is 5.34. The molecule has 1 N–H and O–H groups in total. The van der Waals surface area contributed by atoms with E-state index in [0.29, 0.717) is 5.56 Å². The molecule has 1 aliphatic rings. The molecule has 0 radical (unpaired) electrons. The average molecular weight is 222 g/mol. The molecular weight excluding hydrogens is 207 g/mol. The zero-order valence-corrected chi connectivity index (χ0v) is 9.62. The van der Waals surface area contributed by atoms with Gasteiger partial charge in [-0.2, -0.15) is 0 Å². The Balaban J connectivity index is 2.33. The van der Waals surface area contributed by atoms with Crippen molar-refractivity contribution in [1.29, 1.82) is 0 Å². The summed E-state index contributed by atoms with van der Waals surface area (Å²) < 4.78 is 13.1. The number of aryl methyl sites for hydroxylation is 1. The maximum atomic E-state index is 13.1. The molecule has 1 saturated carbocycles. The minimum Gasteiger partial charge on any atom is -0.481 e. The van der Waals surface area contributed by atoms with Gasteiger partial charge in [-0.3, -0.25) is 4.79 Å². The molecular formula is C13H15FO2. The summed E-state index contributed by atoms with van der Waals surface area (Å²) in [6.45, 7) is 5.58. The van der Waals surface area contributed by atoms with Crippen LogP contribution in [0.5, 0.6) is 0 Å². The van der Waals surface area contributed by atoms with E-state index in [4.69, 9.17) is 5.11 Å². The lowest BCUT2D eigenvalue weighted by Crippen LogP contribution is -2.03. The van der Waals surface area contributed by atoms with Gasteiger partial charge in [-0.25, -0.2) is 4.39 Å². The summed E-state index contributed by atoms with van der Waals surface area (Å²) in [6, 6.07) is 4.86. The fraction of sp³-hybridized carbons (Fsp3) is 0.462. The van der Waals surface area contributed by atoms with Crippen LogP contribution in [0.25, 0.3) is 0 Å². The van der Waals surface area contributed by atoms with Crippen LogP contribution < -0.4 is 0 Å². The first-order valence-electron chi connectivity index (χ1n) is 5.34. The van der Waals surface area contributed by atoms with Crippen LogP contribution >= 0.6 is 0 Å². The third-order valence-corrected chi connectivity index (χ3v) is 3.63. The minimum absolute atomic E-state index is 0.00398. The van der Waals surface area contributed by atoms with E-state index in [9.17, 15) is 9.18 Å². The summed E-state index contributed by atoms with van der Waals surface area (Å²) in [6.07, 6.45) is 0. The Morgan fingerprint density at radius 3 is 2.50 bits per heavy atom. The number of carbonyl (C=O) groups is 1. The van der Waals surface area contributed by atoms with Crippen molar-refractivity contribution in [1.82, 2.24) is 0 Å². The van der Waals surface area contributed by atoms with E-state index in [0.717, 1.165) is 5.56 Å². The first kappa shape index (κ1) is 11.1. The normalized spacial score (nSPS) is 26.5. The summed E-state index contributed by atoms with van der Waals surface area (Å²) in [7, 11) is 0. The second kappa shape index (κ2) is 3.30. The van der Waals surface area contributed by atoms with E-state index in [1.807, 2.05) is 13.8 Å². The standard InChI is InChI=1S/C13H15FO2/c1-7-6-8(4-5-9(7)14)10-11(12(15)16)13(10,2)3/h4-6,10-11H,1-3H3,(H,15,16). The molecule has 16 heavy (non-hydrogen) atoms. The van der Waals surface area contributed by atoms with Crippen LogP contribution in [0.15, 0.2) is 18.2 Å². The highest BCUT2D eigenvalue weighted by molar-refractivity contribution is 5.77. The number of hydrogen-bond acceptors (Lipinski definition) is 1. The molecule has 2 atom stereocenters. The average Bonchev–Trinajstić information content (AvgIpc) is 2.74. The van der Waals surface area contributed by atoms with Crippen molar-refractivity contribution < 1.29 is 14.3 Å². The molecule has 0 heterocycles. The number of carboxylic acids is 1. The molecule has 1 aromatic rings. The monoisotopic (exact) mass is 222 g/mol. The smallest absolute Gasteiger partial charge is 0.307 e. The zero-order valence-electron chi connectivity index (χ0n) is 9.62. The van der Waals surface area contributed by atoms with Crippen molar-refractivity contribution >= 4 is 5.97 Å². The summed E-state index contributed by atoms with van der Waals surface area (Å²) in [5.74, 6) is -1.35. The molecule has 2 rings (SSSR count). The summed E-state index contributed by atoms with van der Waals surface area (Å²) in [5, 5.41) is 9.07. The summed E-state index contributed by atoms with van der Waals surface area (Å²) >= 11 is 0. The van der Waals surface area contributed by atoms with E-state index in [1.165, 1.54) is 6.07 Å². The van der Waals surface area contributed by atoms with E-state index in [-0.39, 0.29) is 23.1 Å². The van der Waals surface area contributed by atoms with Crippen LogP contribution in [0.4, 0.5) is 4.39 Å². The fourth-order valence-corrected chi connectivity index (χ4v) is 2.58. The number of rotatable bonds is 2. The number of halogens is 1. The highest BCUT2D eigenvalue weighted by Crippen LogP contribution is 2.64. The lowest BCUT2D eigenvalue weighted by Gasteiger charge is -2.04. The molecule has 0 saturated heterocycles. The van der Waals surface area contributed by atoms with Gasteiger partial charge >= 0.3 is 5.97 Å². The van der Waals surface area contributed by atoms with E-state index >= 15 is 0 Å². The zero-order chi connectivity index (χ0) is 12.1. The fourth-order valence-electron chi connectivity index (χ4n) is 2.58. The molecule has 0 bridgehead atoms. The van der Waals surface area contributed by atoms with Gasteiger partial charge in [-0.05, 0) is 29.5 Å². The van der Waals surface area contributed by atoms with Gasteiger partial charge < -0.3 is 5.11 Å². The molecule has 86 valence electrons. The van der Waals surface area contributed by atoms with Gasteiger partial charge in [0.2, 0.25) is 0 Å². The third kappa shape index (κ3) is 1.51. The maximum absolute atomic E-state index is 13.1. The van der Waals surface area contributed by atoms with Gasteiger partial charge in [0.05, 0.1) is 5.92 Å². The molecule has 2 nitrogen and oxygen atoms in total. The van der Waals surface area contributed by atoms with E-state index in [2.05, 4.69) is 0 Å². The van der Waals surface area contributed by atoms with E-state index < -0.39 is 5.97 Å². The van der Waals surface area contributed by atoms with Gasteiger partial charge in [0.1, 0.15) is 5.82 Å². The van der Waals surface area contributed by atoms with Gasteiger partial charge in [-0.15, -0.1) is 0 Å². The molecule has 1 aliphatic carbocycles. The van der Waals surface area contributed by atoms with Crippen LogP contribution in [-0.2, 0) is 4.79 Å². The van der Waals surface area contributed by atoms with Crippen LogP contribution in [-0.4, -0.2) is 11.1 Å². The van der Waals surface area contributed by atoms with Crippen molar-refractivity contribution in [2.24, 2.45) is 11.3 Å². The molecule has 0 aliphatic heterocycles. The van der Waals surface area contributed by atoms with Crippen LogP contribution in [0.1, 0.15) is 30.9 Å². The number of hydrogen-bond donors (Lipinski definition) is 1. The number of aliphatic carboxylic acids is 1. The lowest BCUT2D eigenvalue weighted by molar-refractivity contribution is -0.139. The molecule has 0 spiro atoms. The minimum atomic E-state index is -0.767.